The Labute approximate surface area is 143 Å². The monoisotopic (exact) mass is 354 g/mol. The van der Waals surface area contributed by atoms with Gasteiger partial charge in [0.05, 0.1) is 22.2 Å². The SMILES string of the molecule is C[C@H]1CCc2nc(NC(=O)Cc3ccc(Cl)c(Cl)c3)sc2C1. The van der Waals surface area contributed by atoms with E-state index in [2.05, 4.69) is 17.2 Å². The topological polar surface area (TPSA) is 42.0 Å². The molecule has 0 saturated heterocycles. The first-order valence-corrected chi connectivity index (χ1v) is 8.81. The lowest BCUT2D eigenvalue weighted by Gasteiger charge is -2.15. The highest BCUT2D eigenvalue weighted by Crippen LogP contribution is 2.32. The van der Waals surface area contributed by atoms with Crippen molar-refractivity contribution in [3.05, 3.63) is 44.4 Å². The summed E-state index contributed by atoms with van der Waals surface area (Å²) in [6.45, 7) is 2.26. The van der Waals surface area contributed by atoms with E-state index in [9.17, 15) is 4.79 Å². The number of hydrogen-bond donors (Lipinski definition) is 1. The van der Waals surface area contributed by atoms with E-state index in [0.29, 0.717) is 21.1 Å². The zero-order valence-corrected chi connectivity index (χ0v) is 14.5. The van der Waals surface area contributed by atoms with E-state index in [0.717, 1.165) is 24.1 Å². The van der Waals surface area contributed by atoms with Crippen molar-refractivity contribution < 1.29 is 4.79 Å². The van der Waals surface area contributed by atoms with Gasteiger partial charge in [0, 0.05) is 4.88 Å². The van der Waals surface area contributed by atoms with Crippen molar-refractivity contribution in [2.24, 2.45) is 5.92 Å². The highest BCUT2D eigenvalue weighted by atomic mass is 35.5. The minimum absolute atomic E-state index is 0.0856. The van der Waals surface area contributed by atoms with Crippen molar-refractivity contribution in [2.75, 3.05) is 5.32 Å². The quantitative estimate of drug-likeness (QED) is 0.863. The van der Waals surface area contributed by atoms with E-state index in [-0.39, 0.29) is 12.3 Å². The second-order valence-electron chi connectivity index (χ2n) is 5.71. The first kappa shape index (κ1) is 15.8. The Hall–Kier alpha value is -1.10. The maximum Gasteiger partial charge on any atom is 0.230 e. The number of nitrogens with zero attached hydrogens (tertiary/aromatic N) is 1. The smallest absolute Gasteiger partial charge is 0.230 e. The molecule has 1 aliphatic rings. The molecule has 1 amide bonds. The number of nitrogens with one attached hydrogen (secondary N) is 1. The molecule has 1 aromatic heterocycles. The first-order chi connectivity index (χ1) is 10.5. The minimum Gasteiger partial charge on any atom is -0.302 e. The Morgan fingerprint density at radius 1 is 1.41 bits per heavy atom. The number of benzene rings is 1. The first-order valence-electron chi connectivity index (χ1n) is 7.23. The Morgan fingerprint density at radius 3 is 3.00 bits per heavy atom. The molecular weight excluding hydrogens is 339 g/mol. The molecule has 6 heteroatoms. The van der Waals surface area contributed by atoms with Gasteiger partial charge < -0.3 is 5.32 Å². The molecule has 3 nitrogen and oxygen atoms in total. The molecule has 3 rings (SSSR count). The van der Waals surface area contributed by atoms with Crippen LogP contribution in [0, 0.1) is 5.92 Å². The number of halogens is 2. The number of amides is 1. The van der Waals surface area contributed by atoms with E-state index >= 15 is 0 Å². The molecule has 1 atom stereocenters. The van der Waals surface area contributed by atoms with Gasteiger partial charge in [-0.2, -0.15) is 0 Å². The molecule has 1 aromatic carbocycles. The normalized spacial score (nSPS) is 17.1. The summed E-state index contributed by atoms with van der Waals surface area (Å²) in [6, 6.07) is 5.23. The second-order valence-corrected chi connectivity index (χ2v) is 7.61. The van der Waals surface area contributed by atoms with Crippen LogP contribution in [0.25, 0.3) is 0 Å². The maximum atomic E-state index is 12.1. The largest absolute Gasteiger partial charge is 0.302 e. The Bertz CT molecular complexity index is 714. The number of aromatic nitrogens is 1. The van der Waals surface area contributed by atoms with Gasteiger partial charge in [0.2, 0.25) is 5.91 Å². The number of aryl methyl sites for hydroxylation is 1. The molecule has 0 spiro atoms. The fourth-order valence-corrected chi connectivity index (χ4v) is 4.10. The third-order valence-corrected chi connectivity index (χ3v) is 5.56. The van der Waals surface area contributed by atoms with Crippen LogP contribution in [0.4, 0.5) is 5.13 Å². The predicted octanol–water partition coefficient (Wildman–Crippen LogP) is 4.76. The van der Waals surface area contributed by atoms with Crippen molar-refractivity contribution in [1.82, 2.24) is 4.98 Å². The van der Waals surface area contributed by atoms with Crippen LogP contribution in [0.1, 0.15) is 29.5 Å². The number of carbonyl (C=O) groups excluding carboxylic acids is 1. The lowest BCUT2D eigenvalue weighted by atomic mass is 9.93. The van der Waals surface area contributed by atoms with Gasteiger partial charge in [-0.05, 0) is 42.9 Å². The van der Waals surface area contributed by atoms with Crippen LogP contribution in [0.15, 0.2) is 18.2 Å². The van der Waals surface area contributed by atoms with Crippen LogP contribution < -0.4 is 5.32 Å². The molecule has 1 heterocycles. The maximum absolute atomic E-state index is 12.1. The van der Waals surface area contributed by atoms with Gasteiger partial charge in [0.15, 0.2) is 5.13 Å². The summed E-state index contributed by atoms with van der Waals surface area (Å²) in [5.74, 6) is 0.616. The van der Waals surface area contributed by atoms with E-state index < -0.39 is 0 Å². The van der Waals surface area contributed by atoms with Crippen LogP contribution in [-0.4, -0.2) is 10.9 Å². The number of fused-ring (bicyclic) bond motifs is 1. The lowest BCUT2D eigenvalue weighted by Crippen LogP contribution is -2.14. The van der Waals surface area contributed by atoms with E-state index in [1.165, 1.54) is 11.3 Å². The summed E-state index contributed by atoms with van der Waals surface area (Å²) in [6.07, 6.45) is 3.51. The predicted molar refractivity (Wildman–Crippen MR) is 92.1 cm³/mol. The fourth-order valence-electron chi connectivity index (χ4n) is 2.59. The van der Waals surface area contributed by atoms with Gasteiger partial charge in [0.1, 0.15) is 0 Å². The summed E-state index contributed by atoms with van der Waals surface area (Å²) in [4.78, 5) is 18.0. The summed E-state index contributed by atoms with van der Waals surface area (Å²) in [5.41, 5.74) is 1.98. The zero-order chi connectivity index (χ0) is 15.7. The number of carbonyl (C=O) groups is 1. The number of thiazole rings is 1. The highest BCUT2D eigenvalue weighted by molar-refractivity contribution is 7.15. The molecule has 0 unspecified atom stereocenters. The third kappa shape index (κ3) is 3.62. The Balaban J connectivity index is 1.65. The van der Waals surface area contributed by atoms with E-state index in [1.807, 2.05) is 6.07 Å². The molecule has 0 saturated carbocycles. The molecule has 0 fully saturated rings. The van der Waals surface area contributed by atoms with Gasteiger partial charge in [0.25, 0.3) is 0 Å². The van der Waals surface area contributed by atoms with Crippen LogP contribution >= 0.6 is 34.5 Å². The summed E-state index contributed by atoms with van der Waals surface area (Å²) < 4.78 is 0. The minimum atomic E-state index is -0.0856. The number of rotatable bonds is 3. The van der Waals surface area contributed by atoms with Crippen LogP contribution in [0.3, 0.4) is 0 Å². The Kier molecular flexibility index (Phi) is 4.71. The molecule has 0 radical (unpaired) electrons. The van der Waals surface area contributed by atoms with Crippen molar-refractivity contribution in [3.8, 4) is 0 Å². The van der Waals surface area contributed by atoms with Gasteiger partial charge in [-0.25, -0.2) is 4.98 Å². The highest BCUT2D eigenvalue weighted by Gasteiger charge is 2.20. The second kappa shape index (κ2) is 6.57. The van der Waals surface area contributed by atoms with Gasteiger partial charge in [-0.3, -0.25) is 4.79 Å². The van der Waals surface area contributed by atoms with Crippen molar-refractivity contribution in [3.63, 3.8) is 0 Å². The summed E-state index contributed by atoms with van der Waals surface area (Å²) in [7, 11) is 0. The molecular formula is C16H16Cl2N2OS. The third-order valence-electron chi connectivity index (χ3n) is 3.78. The van der Waals surface area contributed by atoms with Crippen molar-refractivity contribution in [1.29, 1.82) is 0 Å². The van der Waals surface area contributed by atoms with Crippen LogP contribution in [0.2, 0.25) is 10.0 Å². The number of hydrogen-bond acceptors (Lipinski definition) is 3. The molecule has 22 heavy (non-hydrogen) atoms. The zero-order valence-electron chi connectivity index (χ0n) is 12.2. The van der Waals surface area contributed by atoms with Crippen LogP contribution in [0.5, 0.6) is 0 Å². The molecule has 116 valence electrons. The molecule has 1 aliphatic carbocycles. The van der Waals surface area contributed by atoms with Gasteiger partial charge in [-0.15, -0.1) is 11.3 Å². The fraction of sp³-hybridized carbons (Fsp3) is 0.375. The lowest BCUT2D eigenvalue weighted by molar-refractivity contribution is -0.115. The van der Waals surface area contributed by atoms with Gasteiger partial charge >= 0.3 is 0 Å². The summed E-state index contributed by atoms with van der Waals surface area (Å²) >= 11 is 13.4. The molecule has 1 N–H and O–H groups in total. The number of anilines is 1. The molecule has 0 bridgehead atoms. The molecule has 0 aliphatic heterocycles. The van der Waals surface area contributed by atoms with E-state index in [1.54, 1.807) is 23.5 Å². The van der Waals surface area contributed by atoms with Crippen LogP contribution in [-0.2, 0) is 24.1 Å². The summed E-state index contributed by atoms with van der Waals surface area (Å²) in [5, 5.41) is 4.54. The standard InChI is InChI=1S/C16H16Cl2N2OS/c1-9-2-5-13-14(6-9)22-16(19-13)20-15(21)8-10-3-4-11(17)12(18)7-10/h3-4,7,9H,2,5-6,8H2,1H3,(H,19,20,21)/t9-/m0/s1. The van der Waals surface area contributed by atoms with E-state index in [4.69, 9.17) is 23.2 Å². The van der Waals surface area contributed by atoms with Crippen molar-refractivity contribution in [2.45, 2.75) is 32.6 Å². The molecule has 2 aromatic rings. The Morgan fingerprint density at radius 2 is 2.23 bits per heavy atom. The average Bonchev–Trinajstić information content (AvgIpc) is 2.84. The average molecular weight is 355 g/mol. The van der Waals surface area contributed by atoms with Gasteiger partial charge in [-0.1, -0.05) is 36.2 Å². The van der Waals surface area contributed by atoms with Crippen molar-refractivity contribution >= 4 is 45.6 Å².